The number of hydrogen-bond acceptors (Lipinski definition) is 0. The number of rotatable bonds is 5. The second-order valence-electron chi connectivity index (χ2n) is 5.78. The maximum absolute atomic E-state index is 2.32. The summed E-state index contributed by atoms with van der Waals surface area (Å²) in [7, 11) is -0.0571. The molecular weight excluding hydrogens is 447 g/mol. The Morgan fingerprint density at radius 3 is 1.27 bits per heavy atom. The van der Waals surface area contributed by atoms with Gasteiger partial charge in [-0.2, -0.15) is 0 Å². The van der Waals surface area contributed by atoms with Crippen LogP contribution < -0.4 is 21.2 Å². The second kappa shape index (κ2) is 8.56. The molecule has 0 amide bonds. The molecule has 0 radical (unpaired) electrons. The van der Waals surface area contributed by atoms with Gasteiger partial charge in [0.25, 0.3) is 0 Å². The summed E-state index contributed by atoms with van der Waals surface area (Å²) in [6, 6.07) is 41.8. The quantitative estimate of drug-likeness (QED) is 0.314. The molecule has 0 nitrogen and oxygen atoms in total. The van der Waals surface area contributed by atoms with Gasteiger partial charge in [0.2, 0.25) is 0 Å². The molecule has 4 rings (SSSR count). The van der Waals surface area contributed by atoms with Gasteiger partial charge in [0, 0.05) is 0 Å². The van der Waals surface area contributed by atoms with Crippen molar-refractivity contribution in [1.82, 2.24) is 0 Å². The van der Waals surface area contributed by atoms with E-state index in [1.54, 1.807) is 0 Å². The van der Waals surface area contributed by atoms with E-state index >= 15 is 0 Å². The molecule has 4 aromatic carbocycles. The third-order valence-corrected chi connectivity index (χ3v) is 8.87. The molecule has 0 N–H and O–H groups in total. The minimum atomic E-state index is -0.111. The van der Waals surface area contributed by atoms with Gasteiger partial charge in [-0.3, -0.25) is 0 Å². The van der Waals surface area contributed by atoms with Crippen LogP contribution in [0.1, 0.15) is 0 Å². The van der Waals surface area contributed by atoms with E-state index in [1.807, 2.05) is 0 Å². The Kier molecular flexibility index (Phi) is 5.72. The van der Waals surface area contributed by atoms with E-state index in [4.69, 9.17) is 0 Å². The van der Waals surface area contributed by atoms with E-state index in [-0.39, 0.29) is 32.1 Å². The predicted octanol–water partition coefficient (Wildman–Crippen LogP) is 2.91. The molecule has 0 unspecified atom stereocenters. The predicted molar refractivity (Wildman–Crippen MR) is 105 cm³/mol. The molecule has 0 spiro atoms. The van der Waals surface area contributed by atoms with Crippen molar-refractivity contribution in [2.45, 2.75) is 14.7 Å². The van der Waals surface area contributed by atoms with Crippen LogP contribution in [-0.2, 0) is 10.9 Å². The van der Waals surface area contributed by atoms with Gasteiger partial charge < -0.3 is 0 Å². The van der Waals surface area contributed by atoms with Crippen LogP contribution in [0.25, 0.3) is 0 Å². The van der Waals surface area contributed by atoms with E-state index in [0.29, 0.717) is 0 Å². The molecule has 0 heterocycles. The molecule has 0 aromatic heterocycles. The fraction of sp³-hybridized carbons (Fsp3) is 0. The average molecular weight is 466 g/mol. The zero-order valence-corrected chi connectivity index (χ0v) is 17.2. The molecule has 0 saturated carbocycles. The fourth-order valence-electron chi connectivity index (χ4n) is 2.76. The summed E-state index contributed by atoms with van der Waals surface area (Å²) in [4.78, 5) is 4.11. The van der Waals surface area contributed by atoms with Crippen molar-refractivity contribution < 1.29 is 21.2 Å². The van der Waals surface area contributed by atoms with Crippen LogP contribution in [0.4, 0.5) is 0 Å². The first-order valence-corrected chi connectivity index (χ1v) is 11.9. The molecule has 26 heavy (non-hydrogen) atoms. The van der Waals surface area contributed by atoms with Crippen molar-refractivity contribution in [3.8, 4) is 0 Å². The van der Waals surface area contributed by atoms with Crippen molar-refractivity contribution in [2.24, 2.45) is 0 Å². The van der Waals surface area contributed by atoms with Gasteiger partial charge >= 0.3 is 169 Å². The molecular formula is C24H19IS. The molecule has 0 atom stereocenters. The molecule has 0 aliphatic carbocycles. The van der Waals surface area contributed by atoms with Gasteiger partial charge in [-0.25, -0.2) is 0 Å². The molecule has 0 aliphatic heterocycles. The summed E-state index contributed by atoms with van der Waals surface area (Å²) >= 11 is -0.111. The summed E-state index contributed by atoms with van der Waals surface area (Å²) in [5.74, 6) is 0. The molecule has 0 saturated heterocycles. The summed E-state index contributed by atoms with van der Waals surface area (Å²) in [5.41, 5.74) is 0. The van der Waals surface area contributed by atoms with Crippen molar-refractivity contribution in [2.75, 3.05) is 0 Å². The van der Waals surface area contributed by atoms with Crippen LogP contribution >= 0.6 is 0 Å². The second-order valence-corrected chi connectivity index (χ2v) is 10.8. The summed E-state index contributed by atoms with van der Waals surface area (Å²) < 4.78 is 2.92. The van der Waals surface area contributed by atoms with Gasteiger partial charge in [-0.05, 0) is 0 Å². The summed E-state index contributed by atoms with van der Waals surface area (Å²) in [6.07, 6.45) is 0. The molecule has 4 aromatic rings. The first-order valence-electron chi connectivity index (χ1n) is 8.54. The van der Waals surface area contributed by atoms with Crippen molar-refractivity contribution in [3.63, 3.8) is 0 Å². The zero-order chi connectivity index (χ0) is 17.6. The Morgan fingerprint density at radius 2 is 0.769 bits per heavy atom. The van der Waals surface area contributed by atoms with Crippen molar-refractivity contribution in [3.05, 3.63) is 122 Å². The number of benzene rings is 4. The third-order valence-electron chi connectivity index (χ3n) is 3.96. The number of halogens is 1. The minimum absolute atomic E-state index is 0.0571. The monoisotopic (exact) mass is 466 g/mol. The van der Waals surface area contributed by atoms with E-state index in [1.165, 1.54) is 21.8 Å². The van der Waals surface area contributed by atoms with Gasteiger partial charge in [0.15, 0.2) is 0 Å². The van der Waals surface area contributed by atoms with Crippen LogP contribution in [-0.4, -0.2) is 0 Å². The molecule has 0 fully saturated rings. The maximum atomic E-state index is 2.32. The van der Waals surface area contributed by atoms with Crippen LogP contribution in [0.2, 0.25) is 0 Å². The molecule has 2 heteroatoms. The average Bonchev–Trinajstić information content (AvgIpc) is 2.72. The van der Waals surface area contributed by atoms with E-state index in [9.17, 15) is 0 Å². The van der Waals surface area contributed by atoms with Crippen LogP contribution in [0.15, 0.2) is 130 Å². The van der Waals surface area contributed by atoms with Gasteiger partial charge in [-0.1, -0.05) is 0 Å². The standard InChI is InChI=1S/C24H19IS/c1-4-10-20(11-5-1)25-21-16-18-24(19-17-21)26(22-12-6-2-7-13-22)23-14-8-3-9-15-23/h1-19H. The third kappa shape index (κ3) is 4.19. The summed E-state index contributed by atoms with van der Waals surface area (Å²) in [5, 5.41) is 0. The first kappa shape index (κ1) is 17.4. The number of hydrogen-bond donors (Lipinski definition) is 0. The van der Waals surface area contributed by atoms with E-state index in [2.05, 4.69) is 115 Å². The van der Waals surface area contributed by atoms with Crippen LogP contribution in [0.5, 0.6) is 0 Å². The van der Waals surface area contributed by atoms with Crippen molar-refractivity contribution in [1.29, 1.82) is 0 Å². The van der Waals surface area contributed by atoms with Crippen LogP contribution in [0, 0.1) is 7.14 Å². The molecule has 0 bridgehead atoms. The fourth-order valence-corrected chi connectivity index (χ4v) is 7.06. The Hall–Kier alpha value is -2.04. The Balaban J connectivity index is 1.66. The molecule has 128 valence electrons. The van der Waals surface area contributed by atoms with Gasteiger partial charge in [0.1, 0.15) is 0 Å². The van der Waals surface area contributed by atoms with Crippen molar-refractivity contribution >= 4 is 10.9 Å². The zero-order valence-electron chi connectivity index (χ0n) is 14.3. The van der Waals surface area contributed by atoms with Crippen LogP contribution in [0.3, 0.4) is 0 Å². The SMILES string of the molecule is c1ccc([I-]c2ccc([S+](c3ccccc3)c3ccccc3)cc2)cc1. The van der Waals surface area contributed by atoms with E-state index in [0.717, 1.165) is 0 Å². The topological polar surface area (TPSA) is 0 Å². The Morgan fingerprint density at radius 1 is 0.385 bits per heavy atom. The normalized spacial score (nSPS) is 11.0. The van der Waals surface area contributed by atoms with Gasteiger partial charge in [0.05, 0.1) is 0 Å². The summed E-state index contributed by atoms with van der Waals surface area (Å²) in [6.45, 7) is 0. The van der Waals surface area contributed by atoms with Gasteiger partial charge in [-0.15, -0.1) is 0 Å². The Labute approximate surface area is 168 Å². The van der Waals surface area contributed by atoms with E-state index < -0.39 is 0 Å². The first-order chi connectivity index (χ1) is 12.9. The molecule has 0 aliphatic rings. The Bertz CT molecular complexity index is 896.